The van der Waals surface area contributed by atoms with Gasteiger partial charge in [0.25, 0.3) is 0 Å². The summed E-state index contributed by atoms with van der Waals surface area (Å²) in [5, 5.41) is 1.08. The van der Waals surface area contributed by atoms with Gasteiger partial charge in [0.05, 0.1) is 30.2 Å². The Balaban J connectivity index is 1.47. The quantitative estimate of drug-likeness (QED) is 0.418. The van der Waals surface area contributed by atoms with Crippen LogP contribution >= 0.6 is 27.7 Å². The molecular weight excluding hydrogens is 424 g/mol. The highest BCUT2D eigenvalue weighted by Crippen LogP contribution is 2.30. The van der Waals surface area contributed by atoms with E-state index in [0.29, 0.717) is 5.75 Å². The van der Waals surface area contributed by atoms with Crippen LogP contribution in [0.25, 0.3) is 10.9 Å². The molecule has 1 fully saturated rings. The number of hydrogen-bond donors (Lipinski definition) is 0. The molecule has 4 rings (SSSR count). The van der Waals surface area contributed by atoms with E-state index in [1.165, 1.54) is 0 Å². The molecule has 2 aromatic carbocycles. The standard InChI is InChI=1S/C21H19BrN2O2S/c22-17-13-15(5-6-19(17)24-9-11-26-12-10-24)20(25)14-27-21-7-8-23-18-4-2-1-3-16(18)21/h1-8,13H,9-12,14H2. The van der Waals surface area contributed by atoms with E-state index in [1.54, 1.807) is 18.0 Å². The predicted octanol–water partition coefficient (Wildman–Crippen LogP) is 4.81. The summed E-state index contributed by atoms with van der Waals surface area (Å²) in [5.74, 6) is 0.521. The van der Waals surface area contributed by atoms with Crippen LogP contribution in [0.15, 0.2) is 64.1 Å². The number of carbonyl (C=O) groups is 1. The Labute approximate surface area is 171 Å². The van der Waals surface area contributed by atoms with Gasteiger partial charge in [-0.3, -0.25) is 9.78 Å². The van der Waals surface area contributed by atoms with Crippen LogP contribution < -0.4 is 4.90 Å². The van der Waals surface area contributed by atoms with E-state index in [1.807, 2.05) is 48.5 Å². The fraction of sp³-hybridized carbons (Fsp3) is 0.238. The minimum Gasteiger partial charge on any atom is -0.378 e. The smallest absolute Gasteiger partial charge is 0.173 e. The highest BCUT2D eigenvalue weighted by molar-refractivity contribution is 9.10. The van der Waals surface area contributed by atoms with Gasteiger partial charge in [-0.25, -0.2) is 0 Å². The number of pyridine rings is 1. The lowest BCUT2D eigenvalue weighted by molar-refractivity contribution is 0.102. The third-order valence-corrected chi connectivity index (χ3v) is 6.30. The molecule has 138 valence electrons. The highest BCUT2D eigenvalue weighted by Gasteiger charge is 2.16. The van der Waals surface area contributed by atoms with Crippen molar-refractivity contribution in [1.29, 1.82) is 0 Å². The topological polar surface area (TPSA) is 42.4 Å². The fourth-order valence-electron chi connectivity index (χ4n) is 3.16. The first kappa shape index (κ1) is 18.5. The first-order valence-corrected chi connectivity index (χ1v) is 10.6. The lowest BCUT2D eigenvalue weighted by Crippen LogP contribution is -2.36. The monoisotopic (exact) mass is 442 g/mol. The molecule has 1 aromatic heterocycles. The molecule has 6 heteroatoms. The van der Waals surface area contributed by atoms with E-state index in [9.17, 15) is 4.79 Å². The summed E-state index contributed by atoms with van der Waals surface area (Å²) in [6.07, 6.45) is 1.79. The molecule has 1 saturated heterocycles. The van der Waals surface area contributed by atoms with Gasteiger partial charge in [-0.1, -0.05) is 18.2 Å². The summed E-state index contributed by atoms with van der Waals surface area (Å²) in [4.78, 5) is 20.4. The number of para-hydroxylation sites is 1. The van der Waals surface area contributed by atoms with Gasteiger partial charge in [0, 0.05) is 39.6 Å². The lowest BCUT2D eigenvalue weighted by Gasteiger charge is -2.29. The second kappa shape index (κ2) is 8.42. The number of fused-ring (bicyclic) bond motifs is 1. The minimum atomic E-state index is 0.120. The van der Waals surface area contributed by atoms with Gasteiger partial charge in [-0.2, -0.15) is 0 Å². The summed E-state index contributed by atoms with van der Waals surface area (Å²) in [6, 6.07) is 15.8. The number of carbonyl (C=O) groups excluding carboxylic acids is 1. The molecular formula is C21H19BrN2O2S. The Morgan fingerprint density at radius 1 is 1.15 bits per heavy atom. The normalized spacial score (nSPS) is 14.5. The molecule has 3 aromatic rings. The van der Waals surface area contributed by atoms with Crippen molar-refractivity contribution in [3.63, 3.8) is 0 Å². The summed E-state index contributed by atoms with van der Waals surface area (Å²) >= 11 is 5.19. The number of Topliss-reactive ketones (excluding diaryl/α,β-unsaturated/α-hetero) is 1. The number of morpholine rings is 1. The van der Waals surface area contributed by atoms with Crippen molar-refractivity contribution < 1.29 is 9.53 Å². The molecule has 0 spiro atoms. The molecule has 0 atom stereocenters. The van der Waals surface area contributed by atoms with Crippen LogP contribution in [0.4, 0.5) is 5.69 Å². The minimum absolute atomic E-state index is 0.120. The van der Waals surface area contributed by atoms with Crippen molar-refractivity contribution in [2.75, 3.05) is 37.0 Å². The Kier molecular flexibility index (Phi) is 5.76. The molecule has 27 heavy (non-hydrogen) atoms. The first-order chi connectivity index (χ1) is 13.2. The van der Waals surface area contributed by atoms with Gasteiger partial charge < -0.3 is 9.64 Å². The summed E-state index contributed by atoms with van der Waals surface area (Å²) < 4.78 is 6.36. The molecule has 2 heterocycles. The van der Waals surface area contributed by atoms with E-state index in [-0.39, 0.29) is 5.78 Å². The number of rotatable bonds is 5. The van der Waals surface area contributed by atoms with E-state index in [0.717, 1.165) is 57.8 Å². The maximum Gasteiger partial charge on any atom is 0.173 e. The number of nitrogens with zero attached hydrogens (tertiary/aromatic N) is 2. The van der Waals surface area contributed by atoms with Gasteiger partial charge in [0.15, 0.2) is 5.78 Å². The molecule has 0 N–H and O–H groups in total. The zero-order chi connectivity index (χ0) is 18.6. The molecule has 0 bridgehead atoms. The van der Waals surface area contributed by atoms with Crippen molar-refractivity contribution >= 4 is 50.1 Å². The predicted molar refractivity (Wildman–Crippen MR) is 114 cm³/mol. The van der Waals surface area contributed by atoms with E-state index < -0.39 is 0 Å². The van der Waals surface area contributed by atoms with Crippen molar-refractivity contribution in [1.82, 2.24) is 4.98 Å². The third kappa shape index (κ3) is 4.18. The second-order valence-electron chi connectivity index (χ2n) is 6.30. The number of hydrogen-bond acceptors (Lipinski definition) is 5. The van der Waals surface area contributed by atoms with Crippen molar-refractivity contribution in [3.8, 4) is 0 Å². The van der Waals surface area contributed by atoms with Crippen LogP contribution in [0, 0.1) is 0 Å². The molecule has 1 aliphatic rings. The number of thioether (sulfide) groups is 1. The lowest BCUT2D eigenvalue weighted by atomic mass is 10.1. The zero-order valence-electron chi connectivity index (χ0n) is 14.7. The van der Waals surface area contributed by atoms with Crippen molar-refractivity contribution in [2.45, 2.75) is 4.90 Å². The number of benzene rings is 2. The van der Waals surface area contributed by atoms with Crippen LogP contribution in [-0.2, 0) is 4.74 Å². The second-order valence-corrected chi connectivity index (χ2v) is 8.18. The van der Waals surface area contributed by atoms with Crippen molar-refractivity contribution in [3.05, 3.63) is 64.8 Å². The maximum atomic E-state index is 12.7. The van der Waals surface area contributed by atoms with E-state index in [2.05, 4.69) is 25.8 Å². The van der Waals surface area contributed by atoms with Crippen LogP contribution in [-0.4, -0.2) is 42.8 Å². The van der Waals surface area contributed by atoms with Gasteiger partial charge in [-0.05, 0) is 46.3 Å². The number of ketones is 1. The van der Waals surface area contributed by atoms with E-state index in [4.69, 9.17) is 4.74 Å². The molecule has 0 aliphatic carbocycles. The van der Waals surface area contributed by atoms with Crippen LogP contribution in [0.1, 0.15) is 10.4 Å². The highest BCUT2D eigenvalue weighted by atomic mass is 79.9. The zero-order valence-corrected chi connectivity index (χ0v) is 17.1. The first-order valence-electron chi connectivity index (χ1n) is 8.84. The Morgan fingerprint density at radius 3 is 2.78 bits per heavy atom. The average molecular weight is 443 g/mol. The van der Waals surface area contributed by atoms with E-state index >= 15 is 0 Å². The number of anilines is 1. The summed E-state index contributed by atoms with van der Waals surface area (Å²) in [5.41, 5.74) is 2.79. The molecule has 0 saturated carbocycles. The number of ether oxygens (including phenoxy) is 1. The fourth-order valence-corrected chi connectivity index (χ4v) is 4.73. The molecule has 0 radical (unpaired) electrons. The van der Waals surface area contributed by atoms with Crippen LogP contribution in [0.3, 0.4) is 0 Å². The molecule has 0 unspecified atom stereocenters. The summed E-state index contributed by atoms with van der Waals surface area (Å²) in [6.45, 7) is 3.22. The number of halogens is 1. The number of aromatic nitrogens is 1. The molecule has 4 nitrogen and oxygen atoms in total. The molecule has 1 aliphatic heterocycles. The third-order valence-electron chi connectivity index (χ3n) is 4.59. The summed E-state index contributed by atoms with van der Waals surface area (Å²) in [7, 11) is 0. The average Bonchev–Trinajstić information content (AvgIpc) is 2.72. The molecule has 0 amide bonds. The van der Waals surface area contributed by atoms with Gasteiger partial charge in [-0.15, -0.1) is 11.8 Å². The van der Waals surface area contributed by atoms with Gasteiger partial charge in [0.2, 0.25) is 0 Å². The maximum absolute atomic E-state index is 12.7. The Morgan fingerprint density at radius 2 is 1.96 bits per heavy atom. The largest absolute Gasteiger partial charge is 0.378 e. The Hall–Kier alpha value is -1.89. The SMILES string of the molecule is O=C(CSc1ccnc2ccccc12)c1ccc(N2CCOCC2)c(Br)c1. The van der Waals surface area contributed by atoms with Gasteiger partial charge in [0.1, 0.15) is 0 Å². The Bertz CT molecular complexity index is 968. The van der Waals surface area contributed by atoms with Crippen molar-refractivity contribution in [2.24, 2.45) is 0 Å². The van der Waals surface area contributed by atoms with Crippen LogP contribution in [0.5, 0.6) is 0 Å². The van der Waals surface area contributed by atoms with Crippen LogP contribution in [0.2, 0.25) is 0 Å². The van der Waals surface area contributed by atoms with Gasteiger partial charge >= 0.3 is 0 Å².